The van der Waals surface area contributed by atoms with Gasteiger partial charge in [-0.25, -0.2) is 8.78 Å². The molecule has 0 saturated heterocycles. The highest BCUT2D eigenvalue weighted by atomic mass is 32.1. The fraction of sp³-hybridized carbons (Fsp3) is 0.350. The third-order valence-electron chi connectivity index (χ3n) is 4.89. The fourth-order valence-electron chi connectivity index (χ4n) is 3.47. The second kappa shape index (κ2) is 7.33. The molecule has 0 spiro atoms. The number of benzene rings is 2. The summed E-state index contributed by atoms with van der Waals surface area (Å²) < 4.78 is 28.5. The molecule has 0 aromatic heterocycles. The highest BCUT2D eigenvalue weighted by molar-refractivity contribution is 7.78. The zero-order valence-electron chi connectivity index (χ0n) is 13.6. The van der Waals surface area contributed by atoms with E-state index < -0.39 is 11.6 Å². The molecular weight excluding hydrogens is 324 g/mol. The van der Waals surface area contributed by atoms with Gasteiger partial charge in [-0.1, -0.05) is 44.0 Å². The van der Waals surface area contributed by atoms with Crippen LogP contribution in [0.3, 0.4) is 0 Å². The molecule has 0 atom stereocenters. The first-order valence-corrected chi connectivity index (χ1v) is 8.66. The molecule has 24 heavy (non-hydrogen) atoms. The minimum atomic E-state index is -0.641. The zero-order chi connectivity index (χ0) is 17.1. The van der Waals surface area contributed by atoms with Crippen molar-refractivity contribution < 1.29 is 8.78 Å². The van der Waals surface area contributed by atoms with E-state index in [1.807, 2.05) is 12.1 Å². The third kappa shape index (κ3) is 3.61. The van der Waals surface area contributed by atoms with Crippen molar-refractivity contribution in [2.75, 3.05) is 0 Å². The first kappa shape index (κ1) is 16.9. The number of halogens is 2. The van der Waals surface area contributed by atoms with Gasteiger partial charge in [-0.05, 0) is 48.0 Å². The van der Waals surface area contributed by atoms with Crippen LogP contribution in [0.1, 0.15) is 44.1 Å². The first-order chi connectivity index (χ1) is 11.6. The Hall–Kier alpha value is -1.90. The van der Waals surface area contributed by atoms with Crippen LogP contribution in [0, 0.1) is 17.6 Å². The maximum atomic E-state index is 14.3. The molecule has 1 aliphatic rings. The Bertz CT molecular complexity index is 748. The lowest BCUT2D eigenvalue weighted by atomic mass is 9.79. The standard InChI is InChI=1S/C20H19F2NS/c1-13-2-4-14(5-3-13)15-6-8-16(9-7-15)20-18(21)10-17(23-12-24)11-19(20)22/h6-11,13-14H,2-5H2,1H3. The predicted octanol–water partition coefficient (Wildman–Crippen LogP) is 6.66. The van der Waals surface area contributed by atoms with Gasteiger partial charge in [0.15, 0.2) is 0 Å². The Morgan fingerprint density at radius 2 is 1.58 bits per heavy atom. The molecule has 0 heterocycles. The maximum Gasteiger partial charge on any atom is 0.136 e. The second-order valence-corrected chi connectivity index (χ2v) is 6.75. The summed E-state index contributed by atoms with van der Waals surface area (Å²) in [4.78, 5) is 3.63. The van der Waals surface area contributed by atoms with E-state index in [0.717, 1.165) is 5.92 Å². The van der Waals surface area contributed by atoms with Crippen molar-refractivity contribution in [3.8, 4) is 11.1 Å². The van der Waals surface area contributed by atoms with Gasteiger partial charge in [-0.3, -0.25) is 0 Å². The number of aliphatic imine (C=N–C) groups is 1. The molecule has 124 valence electrons. The van der Waals surface area contributed by atoms with Gasteiger partial charge in [0.1, 0.15) is 11.6 Å². The van der Waals surface area contributed by atoms with E-state index in [4.69, 9.17) is 0 Å². The summed E-state index contributed by atoms with van der Waals surface area (Å²) in [6.45, 7) is 2.29. The van der Waals surface area contributed by atoms with Crippen LogP contribution in [-0.2, 0) is 0 Å². The summed E-state index contributed by atoms with van der Waals surface area (Å²) in [7, 11) is 0. The van der Waals surface area contributed by atoms with Gasteiger partial charge in [0.05, 0.1) is 16.4 Å². The van der Waals surface area contributed by atoms with Crippen molar-refractivity contribution in [2.24, 2.45) is 10.9 Å². The highest BCUT2D eigenvalue weighted by Gasteiger charge is 2.20. The summed E-state index contributed by atoms with van der Waals surface area (Å²) in [5.74, 6) is 0.0815. The quantitative estimate of drug-likeness (QED) is 0.448. The summed E-state index contributed by atoms with van der Waals surface area (Å²) in [5.41, 5.74) is 1.91. The van der Waals surface area contributed by atoms with E-state index in [1.165, 1.54) is 43.4 Å². The Morgan fingerprint density at radius 1 is 1.00 bits per heavy atom. The normalized spacial score (nSPS) is 20.5. The van der Waals surface area contributed by atoms with Crippen LogP contribution in [0.4, 0.5) is 14.5 Å². The van der Waals surface area contributed by atoms with E-state index in [-0.39, 0.29) is 11.3 Å². The molecule has 0 radical (unpaired) electrons. The molecule has 1 nitrogen and oxygen atoms in total. The summed E-state index contributed by atoms with van der Waals surface area (Å²) >= 11 is 4.47. The van der Waals surface area contributed by atoms with E-state index in [2.05, 4.69) is 29.3 Å². The lowest BCUT2D eigenvalue weighted by Crippen LogP contribution is -2.10. The fourth-order valence-corrected chi connectivity index (χ4v) is 3.57. The molecule has 2 aromatic rings. The maximum absolute atomic E-state index is 14.3. The molecule has 2 aromatic carbocycles. The van der Waals surface area contributed by atoms with Crippen molar-refractivity contribution in [1.82, 2.24) is 0 Å². The van der Waals surface area contributed by atoms with Crippen LogP contribution in [0.5, 0.6) is 0 Å². The lowest BCUT2D eigenvalue weighted by molar-refractivity contribution is 0.348. The van der Waals surface area contributed by atoms with E-state index >= 15 is 0 Å². The number of nitrogens with zero attached hydrogens (tertiary/aromatic N) is 1. The van der Waals surface area contributed by atoms with Gasteiger partial charge in [0, 0.05) is 12.1 Å². The number of hydrogen-bond donors (Lipinski definition) is 0. The van der Waals surface area contributed by atoms with Crippen molar-refractivity contribution >= 4 is 23.1 Å². The molecule has 3 rings (SSSR count). The lowest BCUT2D eigenvalue weighted by Gasteiger charge is -2.26. The average Bonchev–Trinajstić information content (AvgIpc) is 2.56. The van der Waals surface area contributed by atoms with E-state index in [1.54, 1.807) is 12.1 Å². The van der Waals surface area contributed by atoms with Crippen LogP contribution in [0.25, 0.3) is 11.1 Å². The molecule has 0 amide bonds. The molecule has 1 saturated carbocycles. The minimum absolute atomic E-state index is 0.0258. The summed E-state index contributed by atoms with van der Waals surface area (Å²) in [6.07, 6.45) is 4.87. The largest absolute Gasteiger partial charge is 0.206 e. The van der Waals surface area contributed by atoms with Crippen molar-refractivity contribution in [1.29, 1.82) is 0 Å². The Morgan fingerprint density at radius 3 is 2.12 bits per heavy atom. The van der Waals surface area contributed by atoms with Crippen molar-refractivity contribution in [2.45, 2.75) is 38.5 Å². The number of hydrogen-bond acceptors (Lipinski definition) is 2. The molecule has 0 aliphatic heterocycles. The van der Waals surface area contributed by atoms with Gasteiger partial charge < -0.3 is 0 Å². The monoisotopic (exact) mass is 343 g/mol. The SMILES string of the molecule is CC1CCC(c2ccc(-c3c(F)cc(N=C=S)cc3F)cc2)CC1. The molecule has 0 unspecified atom stereocenters. The Labute approximate surface area is 146 Å². The molecule has 4 heteroatoms. The Kier molecular flexibility index (Phi) is 5.17. The summed E-state index contributed by atoms with van der Waals surface area (Å²) in [6, 6.07) is 9.95. The number of thiocarbonyl (C=S) groups is 1. The Balaban J connectivity index is 1.87. The van der Waals surface area contributed by atoms with Crippen LogP contribution in [0.2, 0.25) is 0 Å². The van der Waals surface area contributed by atoms with Gasteiger partial charge in [-0.15, -0.1) is 0 Å². The van der Waals surface area contributed by atoms with Gasteiger partial charge in [0.25, 0.3) is 0 Å². The van der Waals surface area contributed by atoms with Crippen LogP contribution in [0.15, 0.2) is 41.4 Å². The van der Waals surface area contributed by atoms with E-state index in [9.17, 15) is 8.78 Å². The molecule has 1 fully saturated rings. The second-order valence-electron chi connectivity index (χ2n) is 6.57. The zero-order valence-corrected chi connectivity index (χ0v) is 14.4. The third-order valence-corrected chi connectivity index (χ3v) is 4.98. The van der Waals surface area contributed by atoms with Crippen molar-refractivity contribution in [3.63, 3.8) is 0 Å². The number of rotatable bonds is 3. The van der Waals surface area contributed by atoms with Gasteiger partial charge >= 0.3 is 0 Å². The number of isothiocyanates is 1. The van der Waals surface area contributed by atoms with E-state index in [0.29, 0.717) is 11.5 Å². The molecular formula is C20H19F2NS. The van der Waals surface area contributed by atoms with Gasteiger partial charge in [0.2, 0.25) is 0 Å². The highest BCUT2D eigenvalue weighted by Crippen LogP contribution is 2.37. The molecule has 0 bridgehead atoms. The minimum Gasteiger partial charge on any atom is -0.206 e. The average molecular weight is 343 g/mol. The van der Waals surface area contributed by atoms with Crippen LogP contribution >= 0.6 is 12.2 Å². The summed E-state index contributed by atoms with van der Waals surface area (Å²) in [5, 5.41) is 2.12. The molecule has 1 aliphatic carbocycles. The van der Waals surface area contributed by atoms with Gasteiger partial charge in [-0.2, -0.15) is 4.99 Å². The molecule has 0 N–H and O–H groups in total. The van der Waals surface area contributed by atoms with Crippen LogP contribution < -0.4 is 0 Å². The van der Waals surface area contributed by atoms with Crippen molar-refractivity contribution in [3.05, 3.63) is 53.6 Å². The smallest absolute Gasteiger partial charge is 0.136 e. The predicted molar refractivity (Wildman–Crippen MR) is 96.9 cm³/mol. The van der Waals surface area contributed by atoms with Crippen LogP contribution in [-0.4, -0.2) is 5.16 Å². The topological polar surface area (TPSA) is 12.4 Å². The first-order valence-electron chi connectivity index (χ1n) is 8.25.